The van der Waals surface area contributed by atoms with E-state index in [0.717, 1.165) is 3.97 Å². The highest BCUT2D eigenvalue weighted by atomic mass is 32.2. The molecule has 0 N–H and O–H groups in total. The first-order valence-corrected chi connectivity index (χ1v) is 7.11. The van der Waals surface area contributed by atoms with Crippen LogP contribution in [0.25, 0.3) is 0 Å². The molecule has 1 rings (SSSR count). The summed E-state index contributed by atoms with van der Waals surface area (Å²) < 4.78 is 64.3. The number of unbranched alkanes of at least 4 members (excludes halogenated alkanes) is 2. The van der Waals surface area contributed by atoms with E-state index in [1.165, 1.54) is 24.5 Å². The van der Waals surface area contributed by atoms with Crippen LogP contribution in [-0.4, -0.2) is 21.2 Å². The summed E-state index contributed by atoms with van der Waals surface area (Å²) in [5.74, 6) is 0. The van der Waals surface area contributed by atoms with E-state index < -0.39 is 22.9 Å². The van der Waals surface area contributed by atoms with Crippen LogP contribution in [0.2, 0.25) is 0 Å². The SMILES string of the molecule is O=S(=O)(OCCCCCC(F)(F)F)[n+]1ccccc1. The van der Waals surface area contributed by atoms with Crippen molar-refractivity contribution in [2.45, 2.75) is 31.9 Å². The normalized spacial score (nSPS) is 12.6. The van der Waals surface area contributed by atoms with Crippen LogP contribution in [-0.2, 0) is 14.5 Å². The lowest BCUT2D eigenvalue weighted by molar-refractivity contribution is -0.520. The first kappa shape index (κ1) is 15.9. The molecule has 108 valence electrons. The van der Waals surface area contributed by atoms with Gasteiger partial charge in [0, 0.05) is 18.6 Å². The Morgan fingerprint density at radius 3 is 2.21 bits per heavy atom. The maximum Gasteiger partial charge on any atom is 0.513 e. The monoisotopic (exact) mass is 298 g/mol. The number of rotatable bonds is 7. The van der Waals surface area contributed by atoms with Crippen molar-refractivity contribution < 1.29 is 29.7 Å². The third-order valence-corrected chi connectivity index (χ3v) is 3.51. The van der Waals surface area contributed by atoms with Gasteiger partial charge in [-0.1, -0.05) is 16.5 Å². The van der Waals surface area contributed by atoms with Crippen LogP contribution in [0.15, 0.2) is 30.6 Å². The molecule has 0 aromatic carbocycles. The van der Waals surface area contributed by atoms with Gasteiger partial charge in [-0.15, -0.1) is 8.42 Å². The zero-order chi connectivity index (χ0) is 14.4. The molecular formula is C11H15F3NO3S+. The second kappa shape index (κ2) is 6.85. The number of aromatic nitrogens is 1. The summed E-state index contributed by atoms with van der Waals surface area (Å²) in [5, 5.41) is 0. The Morgan fingerprint density at radius 1 is 1.00 bits per heavy atom. The minimum absolute atomic E-state index is 0.0224. The van der Waals surface area contributed by atoms with Crippen molar-refractivity contribution in [3.63, 3.8) is 0 Å². The molecule has 0 aliphatic rings. The Morgan fingerprint density at radius 2 is 1.63 bits per heavy atom. The second-order valence-corrected chi connectivity index (χ2v) is 5.42. The maximum absolute atomic E-state index is 11.8. The van der Waals surface area contributed by atoms with Crippen molar-refractivity contribution in [1.82, 2.24) is 0 Å². The highest BCUT2D eigenvalue weighted by molar-refractivity contribution is 7.80. The molecule has 0 saturated carbocycles. The zero-order valence-electron chi connectivity index (χ0n) is 10.1. The Balaban J connectivity index is 2.26. The highest BCUT2D eigenvalue weighted by Crippen LogP contribution is 2.22. The van der Waals surface area contributed by atoms with Gasteiger partial charge in [-0.2, -0.15) is 13.2 Å². The summed E-state index contributed by atoms with van der Waals surface area (Å²) in [7, 11) is -3.88. The van der Waals surface area contributed by atoms with Gasteiger partial charge in [0.1, 0.15) is 0 Å². The number of nitrogens with zero attached hydrogens (tertiary/aromatic N) is 1. The summed E-state index contributed by atoms with van der Waals surface area (Å²) in [4.78, 5) is 0. The van der Waals surface area contributed by atoms with E-state index in [0.29, 0.717) is 0 Å². The van der Waals surface area contributed by atoms with Gasteiger partial charge in [0.15, 0.2) is 12.4 Å². The lowest BCUT2D eigenvalue weighted by Crippen LogP contribution is -2.43. The lowest BCUT2D eigenvalue weighted by atomic mass is 10.2. The standard InChI is InChI=1S/C11H15F3NO3S/c12-11(13,14)7-3-1-6-10-18-19(16,17)15-8-4-2-5-9-15/h2,4-5,8-9H,1,3,6-7,10H2/q+1. The molecule has 4 nitrogen and oxygen atoms in total. The van der Waals surface area contributed by atoms with Crippen LogP contribution >= 0.6 is 0 Å². The van der Waals surface area contributed by atoms with Crippen molar-refractivity contribution in [1.29, 1.82) is 0 Å². The van der Waals surface area contributed by atoms with E-state index in [9.17, 15) is 21.6 Å². The van der Waals surface area contributed by atoms with E-state index in [1.807, 2.05) is 0 Å². The van der Waals surface area contributed by atoms with E-state index in [2.05, 4.69) is 0 Å². The summed E-state index contributed by atoms with van der Waals surface area (Å²) in [6, 6.07) is 4.72. The molecule has 0 radical (unpaired) electrons. The van der Waals surface area contributed by atoms with Crippen LogP contribution in [0.3, 0.4) is 0 Å². The van der Waals surface area contributed by atoms with Crippen LogP contribution in [0.4, 0.5) is 13.2 Å². The molecule has 0 amide bonds. The van der Waals surface area contributed by atoms with Gasteiger partial charge in [0.05, 0.1) is 6.61 Å². The number of hydrogen-bond donors (Lipinski definition) is 0. The first-order valence-electron chi connectivity index (χ1n) is 5.74. The Bertz CT molecular complexity index is 474. The molecule has 0 unspecified atom stereocenters. The van der Waals surface area contributed by atoms with Gasteiger partial charge < -0.3 is 0 Å². The largest absolute Gasteiger partial charge is 0.513 e. The molecule has 0 bridgehead atoms. The van der Waals surface area contributed by atoms with Gasteiger partial charge in [-0.25, -0.2) is 4.18 Å². The average Bonchev–Trinajstić information content (AvgIpc) is 2.33. The fourth-order valence-electron chi connectivity index (χ4n) is 1.36. The van der Waals surface area contributed by atoms with Crippen molar-refractivity contribution in [3.05, 3.63) is 30.6 Å². The van der Waals surface area contributed by atoms with Crippen molar-refractivity contribution in [3.8, 4) is 0 Å². The average molecular weight is 298 g/mol. The number of halogens is 3. The fourth-order valence-corrected chi connectivity index (χ4v) is 2.25. The van der Waals surface area contributed by atoms with E-state index >= 15 is 0 Å². The van der Waals surface area contributed by atoms with Gasteiger partial charge in [-0.3, -0.25) is 0 Å². The van der Waals surface area contributed by atoms with E-state index in [-0.39, 0.29) is 25.9 Å². The van der Waals surface area contributed by atoms with Crippen LogP contribution in [0.5, 0.6) is 0 Å². The molecule has 0 aliphatic heterocycles. The van der Waals surface area contributed by atoms with Gasteiger partial charge in [0.2, 0.25) is 0 Å². The molecule has 1 heterocycles. The molecule has 0 saturated heterocycles. The van der Waals surface area contributed by atoms with Gasteiger partial charge in [-0.05, 0) is 12.8 Å². The fraction of sp³-hybridized carbons (Fsp3) is 0.545. The minimum atomic E-state index is -4.16. The maximum atomic E-state index is 11.8. The van der Waals surface area contributed by atoms with Crippen LogP contribution in [0.1, 0.15) is 25.7 Å². The minimum Gasteiger partial charge on any atom is -0.218 e. The molecule has 0 aliphatic carbocycles. The van der Waals surface area contributed by atoms with E-state index in [1.54, 1.807) is 6.07 Å². The van der Waals surface area contributed by atoms with Crippen LogP contribution < -0.4 is 3.97 Å². The zero-order valence-corrected chi connectivity index (χ0v) is 11.0. The Hall–Kier alpha value is -1.15. The molecule has 0 spiro atoms. The molecule has 0 atom stereocenters. The summed E-state index contributed by atoms with van der Waals surface area (Å²) in [6.07, 6.45) is -1.86. The number of pyridine rings is 1. The predicted molar refractivity (Wildman–Crippen MR) is 61.4 cm³/mol. The number of alkyl halides is 3. The molecule has 19 heavy (non-hydrogen) atoms. The van der Waals surface area contributed by atoms with Crippen molar-refractivity contribution in [2.24, 2.45) is 0 Å². The van der Waals surface area contributed by atoms with Crippen LogP contribution in [0, 0.1) is 0 Å². The predicted octanol–water partition coefficient (Wildman–Crippen LogP) is 2.21. The van der Waals surface area contributed by atoms with Crippen molar-refractivity contribution >= 4 is 10.3 Å². The molecule has 1 aromatic rings. The van der Waals surface area contributed by atoms with Crippen molar-refractivity contribution in [2.75, 3.05) is 6.61 Å². The molecule has 1 aromatic heterocycles. The molecule has 0 fully saturated rings. The molecular weight excluding hydrogens is 283 g/mol. The third kappa shape index (κ3) is 6.53. The molecule has 8 heteroatoms. The lowest BCUT2D eigenvalue weighted by Gasteiger charge is -2.05. The first-order chi connectivity index (χ1) is 8.81. The topological polar surface area (TPSA) is 47.3 Å². The summed E-state index contributed by atoms with van der Waals surface area (Å²) in [5.41, 5.74) is 0. The third-order valence-electron chi connectivity index (χ3n) is 2.28. The van der Waals surface area contributed by atoms with E-state index in [4.69, 9.17) is 4.18 Å². The number of hydrogen-bond acceptors (Lipinski definition) is 3. The second-order valence-electron chi connectivity index (χ2n) is 3.91. The van der Waals surface area contributed by atoms with Gasteiger partial charge >= 0.3 is 16.5 Å². The Kier molecular flexibility index (Phi) is 5.74. The quantitative estimate of drug-likeness (QED) is 0.573. The Labute approximate surface area is 110 Å². The highest BCUT2D eigenvalue weighted by Gasteiger charge is 2.26. The smallest absolute Gasteiger partial charge is 0.218 e. The van der Waals surface area contributed by atoms with Gasteiger partial charge in [0.25, 0.3) is 0 Å². The summed E-state index contributed by atoms with van der Waals surface area (Å²) >= 11 is 0. The summed E-state index contributed by atoms with van der Waals surface area (Å²) in [6.45, 7) is -0.123.